The van der Waals surface area contributed by atoms with Crippen LogP contribution in [0.1, 0.15) is 24.0 Å². The van der Waals surface area contributed by atoms with Crippen LogP contribution in [0.4, 0.5) is 0 Å². The second-order valence-corrected chi connectivity index (χ2v) is 5.06. The number of aryl methyl sites for hydroxylation is 1. The molecular formula is C15H18N2O4. The molecule has 1 aliphatic heterocycles. The van der Waals surface area contributed by atoms with Crippen molar-refractivity contribution in [3.8, 4) is 5.75 Å². The zero-order valence-corrected chi connectivity index (χ0v) is 12.1. The van der Waals surface area contributed by atoms with Gasteiger partial charge in [0, 0.05) is 6.42 Å². The highest BCUT2D eigenvalue weighted by atomic mass is 16.5. The quantitative estimate of drug-likeness (QED) is 0.795. The Morgan fingerprint density at radius 3 is 2.86 bits per heavy atom. The molecule has 112 valence electrons. The Morgan fingerprint density at radius 2 is 2.14 bits per heavy atom. The van der Waals surface area contributed by atoms with Gasteiger partial charge in [-0.2, -0.15) is 0 Å². The van der Waals surface area contributed by atoms with Crippen LogP contribution in [0, 0.1) is 13.8 Å². The third-order valence-electron chi connectivity index (χ3n) is 3.49. The molecule has 6 heteroatoms. The highest BCUT2D eigenvalue weighted by Gasteiger charge is 2.27. The van der Waals surface area contributed by atoms with Gasteiger partial charge in [-0.15, -0.1) is 0 Å². The summed E-state index contributed by atoms with van der Waals surface area (Å²) in [6.45, 7) is 3.72. The Kier molecular flexibility index (Phi) is 4.57. The topological polar surface area (TPSA) is 84.5 Å². The number of nitrogens with one attached hydrogen (secondary N) is 2. The van der Waals surface area contributed by atoms with Crippen LogP contribution in [0.25, 0.3) is 0 Å². The van der Waals surface area contributed by atoms with E-state index in [1.165, 1.54) is 0 Å². The SMILES string of the molecule is Cc1cccc(OCC(=O)NC2CCC(=O)NC2=O)c1C. The molecule has 1 heterocycles. The second kappa shape index (κ2) is 6.39. The molecule has 1 unspecified atom stereocenters. The molecule has 0 bridgehead atoms. The van der Waals surface area contributed by atoms with Gasteiger partial charge in [0.25, 0.3) is 5.91 Å². The Labute approximate surface area is 122 Å². The van der Waals surface area contributed by atoms with Gasteiger partial charge in [0.05, 0.1) is 0 Å². The normalized spacial score (nSPS) is 18.1. The number of ether oxygens (including phenoxy) is 1. The summed E-state index contributed by atoms with van der Waals surface area (Å²) in [5.74, 6) is -0.512. The maximum Gasteiger partial charge on any atom is 0.258 e. The van der Waals surface area contributed by atoms with Crippen molar-refractivity contribution >= 4 is 17.7 Å². The van der Waals surface area contributed by atoms with Gasteiger partial charge in [-0.05, 0) is 37.5 Å². The van der Waals surface area contributed by atoms with E-state index >= 15 is 0 Å². The van der Waals surface area contributed by atoms with E-state index in [0.29, 0.717) is 12.2 Å². The monoisotopic (exact) mass is 290 g/mol. The Hall–Kier alpha value is -2.37. The van der Waals surface area contributed by atoms with Crippen LogP contribution in [-0.4, -0.2) is 30.4 Å². The number of hydrogen-bond acceptors (Lipinski definition) is 4. The molecule has 0 aliphatic carbocycles. The van der Waals surface area contributed by atoms with Crippen LogP contribution in [-0.2, 0) is 14.4 Å². The summed E-state index contributed by atoms with van der Waals surface area (Å²) in [5.41, 5.74) is 2.06. The predicted molar refractivity (Wildman–Crippen MR) is 75.7 cm³/mol. The molecule has 1 aliphatic rings. The molecule has 0 radical (unpaired) electrons. The lowest BCUT2D eigenvalue weighted by molar-refractivity contribution is -0.137. The summed E-state index contributed by atoms with van der Waals surface area (Å²) < 4.78 is 5.47. The van der Waals surface area contributed by atoms with Crippen LogP contribution in [0.3, 0.4) is 0 Å². The van der Waals surface area contributed by atoms with Gasteiger partial charge in [-0.25, -0.2) is 0 Å². The van der Waals surface area contributed by atoms with Crippen molar-refractivity contribution in [2.75, 3.05) is 6.61 Å². The molecule has 0 spiro atoms. The first-order chi connectivity index (χ1) is 9.97. The van der Waals surface area contributed by atoms with Crippen LogP contribution < -0.4 is 15.4 Å². The summed E-state index contributed by atoms with van der Waals surface area (Å²) in [7, 11) is 0. The third kappa shape index (κ3) is 3.81. The highest BCUT2D eigenvalue weighted by Crippen LogP contribution is 2.20. The smallest absolute Gasteiger partial charge is 0.258 e. The van der Waals surface area contributed by atoms with Crippen molar-refractivity contribution in [1.29, 1.82) is 0 Å². The molecule has 1 fully saturated rings. The van der Waals surface area contributed by atoms with Crippen LogP contribution >= 0.6 is 0 Å². The standard InChI is InChI=1S/C15H18N2O4/c1-9-4-3-5-12(10(9)2)21-8-14(19)16-11-6-7-13(18)17-15(11)20/h3-5,11H,6-8H2,1-2H3,(H,16,19)(H,17,18,20). The van der Waals surface area contributed by atoms with E-state index in [9.17, 15) is 14.4 Å². The molecule has 1 saturated heterocycles. The van der Waals surface area contributed by atoms with E-state index in [4.69, 9.17) is 4.74 Å². The van der Waals surface area contributed by atoms with E-state index in [2.05, 4.69) is 10.6 Å². The van der Waals surface area contributed by atoms with Gasteiger partial charge in [-0.3, -0.25) is 19.7 Å². The van der Waals surface area contributed by atoms with Gasteiger partial charge in [0.2, 0.25) is 11.8 Å². The van der Waals surface area contributed by atoms with E-state index in [1.807, 2.05) is 26.0 Å². The van der Waals surface area contributed by atoms with Crippen LogP contribution in [0.2, 0.25) is 0 Å². The number of benzene rings is 1. The Bertz CT molecular complexity index is 583. The first-order valence-electron chi connectivity index (χ1n) is 6.79. The molecule has 2 N–H and O–H groups in total. The van der Waals surface area contributed by atoms with E-state index < -0.39 is 11.9 Å². The van der Waals surface area contributed by atoms with Gasteiger partial charge in [0.15, 0.2) is 6.61 Å². The van der Waals surface area contributed by atoms with E-state index in [1.54, 1.807) is 6.07 Å². The minimum absolute atomic E-state index is 0.165. The first kappa shape index (κ1) is 15.0. The number of rotatable bonds is 4. The number of carbonyl (C=O) groups is 3. The fourth-order valence-electron chi connectivity index (χ4n) is 2.09. The molecule has 0 aromatic heterocycles. The first-order valence-corrected chi connectivity index (χ1v) is 6.79. The Balaban J connectivity index is 1.86. The van der Waals surface area contributed by atoms with Gasteiger partial charge >= 0.3 is 0 Å². The molecule has 21 heavy (non-hydrogen) atoms. The van der Waals surface area contributed by atoms with Crippen LogP contribution in [0.5, 0.6) is 5.75 Å². The summed E-state index contributed by atoms with van der Waals surface area (Å²) in [4.78, 5) is 34.3. The summed E-state index contributed by atoms with van der Waals surface area (Å²) >= 11 is 0. The second-order valence-electron chi connectivity index (χ2n) is 5.06. The number of piperidine rings is 1. The summed E-state index contributed by atoms with van der Waals surface area (Å²) in [6, 6.07) is 4.95. The van der Waals surface area contributed by atoms with Gasteiger partial charge in [0.1, 0.15) is 11.8 Å². The summed E-state index contributed by atoms with van der Waals surface area (Å²) in [6.07, 6.45) is 0.550. The largest absolute Gasteiger partial charge is 0.483 e. The Morgan fingerprint density at radius 1 is 1.38 bits per heavy atom. The molecule has 1 aromatic carbocycles. The average molecular weight is 290 g/mol. The summed E-state index contributed by atoms with van der Waals surface area (Å²) in [5, 5.41) is 4.76. The molecule has 6 nitrogen and oxygen atoms in total. The fourth-order valence-corrected chi connectivity index (χ4v) is 2.09. The van der Waals surface area contributed by atoms with Crippen molar-refractivity contribution < 1.29 is 19.1 Å². The lowest BCUT2D eigenvalue weighted by Crippen LogP contribution is -2.53. The van der Waals surface area contributed by atoms with Crippen molar-refractivity contribution in [3.05, 3.63) is 29.3 Å². The predicted octanol–water partition coefficient (Wildman–Crippen LogP) is 0.604. The fraction of sp³-hybridized carbons (Fsp3) is 0.400. The number of imide groups is 1. The van der Waals surface area contributed by atoms with Crippen molar-refractivity contribution in [2.24, 2.45) is 0 Å². The molecular weight excluding hydrogens is 272 g/mol. The number of hydrogen-bond donors (Lipinski definition) is 2. The number of carbonyl (C=O) groups excluding carboxylic acids is 3. The lowest BCUT2D eigenvalue weighted by Gasteiger charge is -2.21. The third-order valence-corrected chi connectivity index (χ3v) is 3.49. The molecule has 0 saturated carbocycles. The molecule has 3 amide bonds. The molecule has 1 atom stereocenters. The van der Waals surface area contributed by atoms with Crippen LogP contribution in [0.15, 0.2) is 18.2 Å². The zero-order chi connectivity index (χ0) is 15.4. The van der Waals surface area contributed by atoms with Crippen molar-refractivity contribution in [1.82, 2.24) is 10.6 Å². The average Bonchev–Trinajstić information content (AvgIpc) is 2.43. The van der Waals surface area contributed by atoms with Crippen molar-refractivity contribution in [3.63, 3.8) is 0 Å². The minimum Gasteiger partial charge on any atom is -0.483 e. The van der Waals surface area contributed by atoms with Gasteiger partial charge < -0.3 is 10.1 Å². The van der Waals surface area contributed by atoms with Gasteiger partial charge in [-0.1, -0.05) is 12.1 Å². The number of amides is 3. The maximum atomic E-state index is 11.8. The van der Waals surface area contributed by atoms with Crippen molar-refractivity contribution in [2.45, 2.75) is 32.7 Å². The maximum absolute atomic E-state index is 11.8. The van der Waals surface area contributed by atoms with E-state index in [-0.39, 0.29) is 24.8 Å². The van der Waals surface area contributed by atoms with E-state index in [0.717, 1.165) is 11.1 Å². The zero-order valence-electron chi connectivity index (χ0n) is 12.1. The highest BCUT2D eigenvalue weighted by molar-refractivity contribution is 6.01. The lowest BCUT2D eigenvalue weighted by atomic mass is 10.1. The minimum atomic E-state index is -0.669. The molecule has 2 rings (SSSR count). The molecule has 1 aromatic rings.